The molecule has 0 aliphatic carbocycles. The van der Waals surface area contributed by atoms with Crippen molar-refractivity contribution in [2.24, 2.45) is 11.7 Å². The fourth-order valence-electron chi connectivity index (χ4n) is 0.492. The molecule has 0 unspecified atom stereocenters. The van der Waals surface area contributed by atoms with Crippen LogP contribution in [-0.4, -0.2) is 18.0 Å². The van der Waals surface area contributed by atoms with Gasteiger partial charge in [-0.2, -0.15) is 13.2 Å². The molecule has 0 fully saturated rings. The Bertz CT molecular complexity index is 152. The summed E-state index contributed by atoms with van der Waals surface area (Å²) in [6.07, 6.45) is -4.80. The molecule has 66 valence electrons. The van der Waals surface area contributed by atoms with E-state index in [2.05, 4.69) is 0 Å². The number of carbonyl (C=O) groups is 1. The van der Waals surface area contributed by atoms with Crippen molar-refractivity contribution in [3.05, 3.63) is 0 Å². The average molecular weight is 169 g/mol. The van der Waals surface area contributed by atoms with Gasteiger partial charge in [0.25, 0.3) is 5.78 Å². The molecule has 0 aromatic carbocycles. The van der Waals surface area contributed by atoms with Gasteiger partial charge in [-0.25, -0.2) is 0 Å². The molecule has 2 N–H and O–H groups in total. The van der Waals surface area contributed by atoms with Gasteiger partial charge in [0.1, 0.15) is 0 Å². The molecule has 0 saturated carbocycles. The highest BCUT2D eigenvalue weighted by Gasteiger charge is 2.42. The van der Waals surface area contributed by atoms with E-state index in [0.29, 0.717) is 0 Å². The van der Waals surface area contributed by atoms with Crippen molar-refractivity contribution in [1.29, 1.82) is 0 Å². The molecule has 0 bridgehead atoms. The average Bonchev–Trinajstić information content (AvgIpc) is 1.82. The van der Waals surface area contributed by atoms with Crippen LogP contribution in [0.3, 0.4) is 0 Å². The van der Waals surface area contributed by atoms with Crippen molar-refractivity contribution >= 4 is 5.78 Å². The molecule has 0 radical (unpaired) electrons. The largest absolute Gasteiger partial charge is 0.451 e. The quantitative estimate of drug-likeness (QED) is 0.672. The molecule has 0 amide bonds. The maximum Gasteiger partial charge on any atom is 0.451 e. The van der Waals surface area contributed by atoms with Gasteiger partial charge in [0.15, 0.2) is 0 Å². The first-order valence-electron chi connectivity index (χ1n) is 3.13. The first kappa shape index (κ1) is 10.4. The van der Waals surface area contributed by atoms with Gasteiger partial charge in [0.2, 0.25) is 0 Å². The van der Waals surface area contributed by atoms with Crippen LogP contribution in [0, 0.1) is 5.92 Å². The summed E-state index contributed by atoms with van der Waals surface area (Å²) in [5.41, 5.74) is 4.98. The summed E-state index contributed by atoms with van der Waals surface area (Å²) in [6.45, 7) is 2.93. The van der Waals surface area contributed by atoms with Crippen LogP contribution in [0.5, 0.6) is 0 Å². The second-order valence-electron chi connectivity index (χ2n) is 2.63. The predicted octanol–water partition coefficient (Wildman–Crippen LogP) is 1.10. The molecule has 5 heteroatoms. The highest BCUT2D eigenvalue weighted by Crippen LogP contribution is 2.19. The van der Waals surface area contributed by atoms with Crippen LogP contribution >= 0.6 is 0 Å². The van der Waals surface area contributed by atoms with E-state index in [9.17, 15) is 18.0 Å². The van der Waals surface area contributed by atoms with E-state index < -0.39 is 23.9 Å². The van der Waals surface area contributed by atoms with Gasteiger partial charge < -0.3 is 5.73 Å². The SMILES string of the molecule is CC(C)[C@@H](N)C(=O)C(F)(F)F. The molecule has 0 aromatic heterocycles. The van der Waals surface area contributed by atoms with Gasteiger partial charge in [-0.1, -0.05) is 13.8 Å². The van der Waals surface area contributed by atoms with Crippen LogP contribution in [-0.2, 0) is 4.79 Å². The van der Waals surface area contributed by atoms with E-state index in [0.717, 1.165) is 0 Å². The van der Waals surface area contributed by atoms with Crippen molar-refractivity contribution in [1.82, 2.24) is 0 Å². The number of rotatable bonds is 2. The molecule has 11 heavy (non-hydrogen) atoms. The standard InChI is InChI=1S/C6H10F3NO/c1-3(2)4(10)5(11)6(7,8)9/h3-4H,10H2,1-2H3/t4-/m1/s1. The molecule has 0 heterocycles. The lowest BCUT2D eigenvalue weighted by molar-refractivity contribution is -0.173. The minimum Gasteiger partial charge on any atom is -0.321 e. The van der Waals surface area contributed by atoms with E-state index in [4.69, 9.17) is 5.73 Å². The third-order valence-electron chi connectivity index (χ3n) is 1.30. The zero-order valence-corrected chi connectivity index (χ0v) is 6.27. The number of nitrogens with two attached hydrogens (primary N) is 1. The number of halogens is 3. The zero-order chi connectivity index (χ0) is 9.23. The third-order valence-corrected chi connectivity index (χ3v) is 1.30. The summed E-state index contributed by atoms with van der Waals surface area (Å²) in [5, 5.41) is 0. The summed E-state index contributed by atoms with van der Waals surface area (Å²) in [6, 6.07) is -1.44. The van der Waals surface area contributed by atoms with E-state index in [1.807, 2.05) is 0 Å². The number of Topliss-reactive ketones (excluding diaryl/α,β-unsaturated/α-hetero) is 1. The van der Waals surface area contributed by atoms with Crippen LogP contribution in [0.4, 0.5) is 13.2 Å². The van der Waals surface area contributed by atoms with E-state index in [1.165, 1.54) is 13.8 Å². The number of alkyl halides is 3. The minimum atomic E-state index is -4.80. The van der Waals surface area contributed by atoms with Gasteiger partial charge in [-0.3, -0.25) is 4.79 Å². The summed E-state index contributed by atoms with van der Waals surface area (Å²) in [4.78, 5) is 10.4. The maximum atomic E-state index is 11.6. The normalized spacial score (nSPS) is 15.2. The molecule has 0 rings (SSSR count). The first-order valence-corrected chi connectivity index (χ1v) is 3.13. The van der Waals surface area contributed by atoms with Gasteiger partial charge in [0.05, 0.1) is 6.04 Å². The van der Waals surface area contributed by atoms with E-state index >= 15 is 0 Å². The Hall–Kier alpha value is -0.580. The molecule has 0 aliphatic rings. The molecule has 1 atom stereocenters. The lowest BCUT2D eigenvalue weighted by atomic mass is 10.0. The minimum absolute atomic E-state index is 0.482. The molecule has 0 spiro atoms. The van der Waals surface area contributed by atoms with Crippen molar-refractivity contribution in [2.75, 3.05) is 0 Å². The summed E-state index contributed by atoms with van der Waals surface area (Å²) >= 11 is 0. The fraction of sp³-hybridized carbons (Fsp3) is 0.833. The lowest BCUT2D eigenvalue weighted by Gasteiger charge is -2.15. The Balaban J connectivity index is 4.26. The third kappa shape index (κ3) is 2.88. The fourth-order valence-corrected chi connectivity index (χ4v) is 0.492. The molecular formula is C6H10F3NO. The molecule has 0 saturated heterocycles. The van der Waals surface area contributed by atoms with Crippen molar-refractivity contribution < 1.29 is 18.0 Å². The van der Waals surface area contributed by atoms with Crippen LogP contribution in [0.1, 0.15) is 13.8 Å². The number of hydrogen-bond donors (Lipinski definition) is 1. The van der Waals surface area contributed by atoms with E-state index in [1.54, 1.807) is 0 Å². The molecule has 0 aromatic rings. The topological polar surface area (TPSA) is 43.1 Å². The number of carbonyl (C=O) groups excluding carboxylic acids is 1. The van der Waals surface area contributed by atoms with Crippen molar-refractivity contribution in [3.8, 4) is 0 Å². The maximum absolute atomic E-state index is 11.6. The Morgan fingerprint density at radius 3 is 1.82 bits per heavy atom. The summed E-state index contributed by atoms with van der Waals surface area (Å²) in [7, 11) is 0. The second kappa shape index (κ2) is 3.21. The number of hydrogen-bond acceptors (Lipinski definition) is 2. The Kier molecular flexibility index (Phi) is 3.04. The monoisotopic (exact) mass is 169 g/mol. The van der Waals surface area contributed by atoms with Crippen LogP contribution in [0.25, 0.3) is 0 Å². The van der Waals surface area contributed by atoms with Gasteiger partial charge >= 0.3 is 6.18 Å². The van der Waals surface area contributed by atoms with Gasteiger partial charge in [-0.05, 0) is 5.92 Å². The summed E-state index contributed by atoms with van der Waals surface area (Å²) < 4.78 is 34.9. The highest BCUT2D eigenvalue weighted by atomic mass is 19.4. The zero-order valence-electron chi connectivity index (χ0n) is 6.27. The molecule has 0 aliphatic heterocycles. The van der Waals surface area contributed by atoms with Crippen LogP contribution < -0.4 is 5.73 Å². The first-order chi connectivity index (χ1) is 4.76. The Morgan fingerprint density at radius 2 is 1.73 bits per heavy atom. The lowest BCUT2D eigenvalue weighted by Crippen LogP contribution is -2.43. The second-order valence-corrected chi connectivity index (χ2v) is 2.63. The Labute approximate surface area is 62.6 Å². The highest BCUT2D eigenvalue weighted by molar-refractivity contribution is 5.89. The number of ketones is 1. The summed E-state index contributed by atoms with van der Waals surface area (Å²) in [5.74, 6) is -2.34. The van der Waals surface area contributed by atoms with Crippen LogP contribution in [0.2, 0.25) is 0 Å². The van der Waals surface area contributed by atoms with Gasteiger partial charge in [-0.15, -0.1) is 0 Å². The van der Waals surface area contributed by atoms with Crippen LogP contribution in [0.15, 0.2) is 0 Å². The van der Waals surface area contributed by atoms with Crippen molar-refractivity contribution in [2.45, 2.75) is 26.1 Å². The van der Waals surface area contributed by atoms with Crippen molar-refractivity contribution in [3.63, 3.8) is 0 Å². The molecular weight excluding hydrogens is 159 g/mol. The van der Waals surface area contributed by atoms with E-state index in [-0.39, 0.29) is 0 Å². The predicted molar refractivity (Wildman–Crippen MR) is 33.9 cm³/mol. The smallest absolute Gasteiger partial charge is 0.321 e. The molecule has 2 nitrogen and oxygen atoms in total. The Morgan fingerprint density at radius 1 is 1.36 bits per heavy atom. The van der Waals surface area contributed by atoms with Gasteiger partial charge in [0, 0.05) is 0 Å².